The molecule has 0 spiro atoms. The Hall–Kier alpha value is -2.04. The van der Waals surface area contributed by atoms with Gasteiger partial charge in [0, 0.05) is 36.8 Å². The van der Waals surface area contributed by atoms with E-state index in [0.717, 1.165) is 18.4 Å². The van der Waals surface area contributed by atoms with Crippen molar-refractivity contribution >= 4 is 17.5 Å². The van der Waals surface area contributed by atoms with Gasteiger partial charge in [0.2, 0.25) is 5.91 Å². The van der Waals surface area contributed by atoms with Gasteiger partial charge >= 0.3 is 0 Å². The zero-order valence-electron chi connectivity index (χ0n) is 12.7. The van der Waals surface area contributed by atoms with Gasteiger partial charge in [-0.3, -0.25) is 9.59 Å². The van der Waals surface area contributed by atoms with Crippen LogP contribution in [0, 0.1) is 12.8 Å². The molecule has 1 aromatic carbocycles. The van der Waals surface area contributed by atoms with Crippen LogP contribution >= 0.6 is 0 Å². The number of benzene rings is 1. The van der Waals surface area contributed by atoms with Gasteiger partial charge in [-0.15, -0.1) is 0 Å². The lowest BCUT2D eigenvalue weighted by Crippen LogP contribution is -2.43. The van der Waals surface area contributed by atoms with Gasteiger partial charge in [-0.1, -0.05) is 6.07 Å². The molecule has 3 N–H and O–H groups in total. The van der Waals surface area contributed by atoms with E-state index in [2.05, 4.69) is 5.32 Å². The van der Waals surface area contributed by atoms with E-state index < -0.39 is 0 Å². The molecule has 1 aliphatic heterocycles. The third-order valence-corrected chi connectivity index (χ3v) is 4.03. The molecule has 0 aromatic heterocycles. The fourth-order valence-corrected chi connectivity index (χ4v) is 2.62. The Morgan fingerprint density at radius 3 is 2.57 bits per heavy atom. The van der Waals surface area contributed by atoms with E-state index in [4.69, 9.17) is 5.73 Å². The van der Waals surface area contributed by atoms with Gasteiger partial charge in [0.15, 0.2) is 0 Å². The Balaban J connectivity index is 1.97. The summed E-state index contributed by atoms with van der Waals surface area (Å²) in [4.78, 5) is 26.0. The van der Waals surface area contributed by atoms with Crippen molar-refractivity contribution in [2.75, 3.05) is 25.4 Å². The van der Waals surface area contributed by atoms with Crippen LogP contribution in [0.15, 0.2) is 18.2 Å². The second-order valence-electron chi connectivity index (χ2n) is 5.53. The number of anilines is 1. The molecule has 1 saturated heterocycles. The fourth-order valence-electron chi connectivity index (χ4n) is 2.62. The normalized spacial score (nSPS) is 15.8. The highest BCUT2D eigenvalue weighted by Crippen LogP contribution is 2.21. The number of nitrogens with zero attached hydrogens (tertiary/aromatic N) is 1. The summed E-state index contributed by atoms with van der Waals surface area (Å²) in [6.45, 7) is 5.73. The largest absolute Gasteiger partial charge is 0.398 e. The summed E-state index contributed by atoms with van der Waals surface area (Å²) >= 11 is 0. The Bertz CT molecular complexity index is 534. The lowest BCUT2D eigenvalue weighted by Gasteiger charge is -2.31. The lowest BCUT2D eigenvalue weighted by molar-refractivity contribution is -0.126. The molecule has 2 amide bonds. The van der Waals surface area contributed by atoms with Crippen LogP contribution in [0.2, 0.25) is 0 Å². The minimum absolute atomic E-state index is 0.00366. The number of hydrogen-bond donors (Lipinski definition) is 2. The molecular formula is C16H23N3O2. The van der Waals surface area contributed by atoms with Gasteiger partial charge in [0.1, 0.15) is 0 Å². The van der Waals surface area contributed by atoms with Gasteiger partial charge in [0.05, 0.1) is 0 Å². The van der Waals surface area contributed by atoms with Crippen molar-refractivity contribution in [2.24, 2.45) is 5.92 Å². The van der Waals surface area contributed by atoms with E-state index >= 15 is 0 Å². The van der Waals surface area contributed by atoms with Gasteiger partial charge in [-0.05, 0) is 44.4 Å². The summed E-state index contributed by atoms with van der Waals surface area (Å²) in [5, 5.41) is 2.85. The van der Waals surface area contributed by atoms with E-state index in [1.54, 1.807) is 11.0 Å². The van der Waals surface area contributed by atoms with Crippen LogP contribution in [0.3, 0.4) is 0 Å². The van der Waals surface area contributed by atoms with E-state index in [9.17, 15) is 9.59 Å². The number of rotatable bonds is 3. The topological polar surface area (TPSA) is 75.4 Å². The Morgan fingerprint density at radius 1 is 1.33 bits per heavy atom. The van der Waals surface area contributed by atoms with Gasteiger partial charge in [-0.2, -0.15) is 0 Å². The molecule has 0 bridgehead atoms. The Morgan fingerprint density at radius 2 is 2.00 bits per heavy atom. The average molecular weight is 289 g/mol. The number of nitrogen functional groups attached to an aromatic ring is 1. The molecule has 5 heteroatoms. The molecule has 1 aromatic rings. The summed E-state index contributed by atoms with van der Waals surface area (Å²) in [6.07, 6.45) is 1.44. The SMILES string of the molecule is CCNC(=O)C1CCN(C(=O)c2ccc(C)c(N)c2)CC1. The van der Waals surface area contributed by atoms with E-state index in [1.165, 1.54) is 0 Å². The zero-order chi connectivity index (χ0) is 15.4. The predicted octanol–water partition coefficient (Wildman–Crippen LogP) is 1.57. The van der Waals surface area contributed by atoms with Crippen LogP contribution in [0.4, 0.5) is 5.69 Å². The first-order valence-corrected chi connectivity index (χ1v) is 7.46. The molecule has 0 unspecified atom stereocenters. The number of piperidine rings is 1. The first kappa shape index (κ1) is 15.4. The van der Waals surface area contributed by atoms with E-state index in [-0.39, 0.29) is 17.7 Å². The summed E-state index contributed by atoms with van der Waals surface area (Å²) < 4.78 is 0. The second kappa shape index (κ2) is 6.61. The van der Waals surface area contributed by atoms with Crippen molar-refractivity contribution in [1.82, 2.24) is 10.2 Å². The molecule has 0 saturated carbocycles. The summed E-state index contributed by atoms with van der Waals surface area (Å²) in [5.74, 6) is 0.123. The number of nitrogens with two attached hydrogens (primary N) is 1. The maximum Gasteiger partial charge on any atom is 0.253 e. The quantitative estimate of drug-likeness (QED) is 0.829. The average Bonchev–Trinajstić information content (AvgIpc) is 2.50. The minimum atomic E-state index is -0.00366. The number of carbonyl (C=O) groups is 2. The van der Waals surface area contributed by atoms with Crippen molar-refractivity contribution in [3.05, 3.63) is 29.3 Å². The molecule has 1 heterocycles. The molecule has 0 atom stereocenters. The molecule has 1 fully saturated rings. The maximum atomic E-state index is 12.4. The number of hydrogen-bond acceptors (Lipinski definition) is 3. The van der Waals surface area contributed by atoms with E-state index in [1.807, 2.05) is 26.0 Å². The highest BCUT2D eigenvalue weighted by molar-refractivity contribution is 5.95. The second-order valence-corrected chi connectivity index (χ2v) is 5.53. The van der Waals surface area contributed by atoms with Crippen LogP contribution in [0.1, 0.15) is 35.7 Å². The molecule has 2 rings (SSSR count). The van der Waals surface area contributed by atoms with Crippen molar-refractivity contribution in [3.63, 3.8) is 0 Å². The number of amides is 2. The van der Waals surface area contributed by atoms with E-state index in [0.29, 0.717) is 30.9 Å². The van der Waals surface area contributed by atoms with Gasteiger partial charge in [-0.25, -0.2) is 0 Å². The minimum Gasteiger partial charge on any atom is -0.398 e. The molecular weight excluding hydrogens is 266 g/mol. The molecule has 21 heavy (non-hydrogen) atoms. The third-order valence-electron chi connectivity index (χ3n) is 4.03. The van der Waals surface area contributed by atoms with Crippen LogP contribution < -0.4 is 11.1 Å². The van der Waals surface area contributed by atoms with Crippen molar-refractivity contribution in [3.8, 4) is 0 Å². The predicted molar refractivity (Wildman–Crippen MR) is 82.9 cm³/mol. The molecule has 114 valence electrons. The summed E-state index contributed by atoms with van der Waals surface area (Å²) in [7, 11) is 0. The summed E-state index contributed by atoms with van der Waals surface area (Å²) in [6, 6.07) is 5.40. The molecule has 0 radical (unpaired) electrons. The highest BCUT2D eigenvalue weighted by atomic mass is 16.2. The summed E-state index contributed by atoms with van der Waals surface area (Å²) in [5.41, 5.74) is 8.09. The Labute approximate surface area is 125 Å². The molecule has 5 nitrogen and oxygen atoms in total. The van der Waals surface area contributed by atoms with Crippen LogP contribution in [0.25, 0.3) is 0 Å². The fraction of sp³-hybridized carbons (Fsp3) is 0.500. The number of aryl methyl sites for hydroxylation is 1. The number of nitrogens with one attached hydrogen (secondary N) is 1. The zero-order valence-corrected chi connectivity index (χ0v) is 12.7. The lowest BCUT2D eigenvalue weighted by atomic mass is 9.95. The van der Waals surface area contributed by atoms with Crippen LogP contribution in [0.5, 0.6) is 0 Å². The van der Waals surface area contributed by atoms with Crippen molar-refractivity contribution < 1.29 is 9.59 Å². The molecule has 1 aliphatic rings. The maximum absolute atomic E-state index is 12.4. The standard InChI is InChI=1S/C16H23N3O2/c1-3-18-15(20)12-6-8-19(9-7-12)16(21)13-5-4-11(2)14(17)10-13/h4-5,10,12H,3,6-9,17H2,1-2H3,(H,18,20). The first-order valence-electron chi connectivity index (χ1n) is 7.46. The molecule has 0 aliphatic carbocycles. The first-order chi connectivity index (χ1) is 10.0. The highest BCUT2D eigenvalue weighted by Gasteiger charge is 2.27. The number of likely N-dealkylation sites (tertiary alicyclic amines) is 1. The van der Waals surface area contributed by atoms with Gasteiger partial charge in [0.25, 0.3) is 5.91 Å². The van der Waals surface area contributed by atoms with Crippen molar-refractivity contribution in [2.45, 2.75) is 26.7 Å². The number of carbonyl (C=O) groups excluding carboxylic acids is 2. The monoisotopic (exact) mass is 289 g/mol. The Kier molecular flexibility index (Phi) is 4.83. The smallest absolute Gasteiger partial charge is 0.253 e. The van der Waals surface area contributed by atoms with Crippen LogP contribution in [-0.2, 0) is 4.79 Å². The van der Waals surface area contributed by atoms with Crippen LogP contribution in [-0.4, -0.2) is 36.3 Å². The third kappa shape index (κ3) is 3.54. The van der Waals surface area contributed by atoms with Crippen molar-refractivity contribution in [1.29, 1.82) is 0 Å². The van der Waals surface area contributed by atoms with Gasteiger partial charge < -0.3 is 16.0 Å².